The van der Waals surface area contributed by atoms with Crippen LogP contribution in [0.2, 0.25) is 0 Å². The minimum atomic E-state index is 0.152. The number of pyridine rings is 1. The van der Waals surface area contributed by atoms with Crippen LogP contribution in [-0.2, 0) is 0 Å². The Kier molecular flexibility index (Phi) is 5.11. The summed E-state index contributed by atoms with van der Waals surface area (Å²) >= 11 is 0. The molecular formula is C14H21N3. The van der Waals surface area contributed by atoms with E-state index in [2.05, 4.69) is 37.1 Å². The smallest absolute Gasteiger partial charge is 0.0621 e. The molecule has 1 atom stereocenters. The van der Waals surface area contributed by atoms with E-state index >= 15 is 0 Å². The van der Waals surface area contributed by atoms with Gasteiger partial charge in [0.05, 0.1) is 11.8 Å². The minimum Gasteiger partial charge on any atom is -0.308 e. The van der Waals surface area contributed by atoms with Gasteiger partial charge in [0.1, 0.15) is 0 Å². The second kappa shape index (κ2) is 6.36. The summed E-state index contributed by atoms with van der Waals surface area (Å²) in [5.41, 5.74) is 1.21. The number of nitrogens with zero attached hydrogens (tertiary/aromatic N) is 2. The van der Waals surface area contributed by atoms with Crippen LogP contribution in [0.25, 0.3) is 0 Å². The van der Waals surface area contributed by atoms with Gasteiger partial charge in [-0.05, 0) is 30.9 Å². The lowest BCUT2D eigenvalue weighted by Gasteiger charge is -2.26. The average molecular weight is 231 g/mol. The van der Waals surface area contributed by atoms with Crippen molar-refractivity contribution in [3.63, 3.8) is 0 Å². The Labute approximate surface area is 104 Å². The van der Waals surface area contributed by atoms with Crippen LogP contribution in [0.4, 0.5) is 0 Å². The van der Waals surface area contributed by atoms with Crippen molar-refractivity contribution in [2.24, 2.45) is 5.41 Å². The van der Waals surface area contributed by atoms with Crippen molar-refractivity contribution in [1.29, 1.82) is 5.26 Å². The molecule has 0 aliphatic heterocycles. The predicted molar refractivity (Wildman–Crippen MR) is 69.3 cm³/mol. The van der Waals surface area contributed by atoms with Crippen LogP contribution in [0.1, 0.15) is 45.3 Å². The van der Waals surface area contributed by atoms with Crippen LogP contribution in [0, 0.1) is 16.7 Å². The number of nitriles is 1. The van der Waals surface area contributed by atoms with Crippen molar-refractivity contribution in [3.05, 3.63) is 30.1 Å². The Balaban J connectivity index is 2.43. The monoisotopic (exact) mass is 231 g/mol. The highest BCUT2D eigenvalue weighted by Crippen LogP contribution is 2.22. The maximum atomic E-state index is 8.60. The fourth-order valence-corrected chi connectivity index (χ4v) is 1.65. The van der Waals surface area contributed by atoms with Crippen LogP contribution in [0.15, 0.2) is 24.4 Å². The van der Waals surface area contributed by atoms with Crippen molar-refractivity contribution in [2.45, 2.75) is 39.7 Å². The van der Waals surface area contributed by atoms with Gasteiger partial charge >= 0.3 is 0 Å². The molecule has 17 heavy (non-hydrogen) atoms. The summed E-state index contributed by atoms with van der Waals surface area (Å²) in [5.74, 6) is 0. The molecule has 1 rings (SSSR count). The van der Waals surface area contributed by atoms with Crippen molar-refractivity contribution in [2.75, 3.05) is 6.54 Å². The number of nitrogens with one attached hydrogen (secondary N) is 1. The summed E-state index contributed by atoms with van der Waals surface area (Å²) in [6, 6.07) is 8.40. The number of hydrogen-bond acceptors (Lipinski definition) is 3. The summed E-state index contributed by atoms with van der Waals surface area (Å²) in [4.78, 5) is 4.33. The van der Waals surface area contributed by atoms with E-state index in [1.54, 1.807) is 0 Å². The van der Waals surface area contributed by atoms with Gasteiger partial charge in [-0.25, -0.2) is 0 Å². The van der Waals surface area contributed by atoms with Gasteiger partial charge < -0.3 is 5.32 Å². The van der Waals surface area contributed by atoms with Crippen LogP contribution in [0.3, 0.4) is 0 Å². The molecule has 0 spiro atoms. The first-order valence-electron chi connectivity index (χ1n) is 6.06. The lowest BCUT2D eigenvalue weighted by Crippen LogP contribution is -2.31. The average Bonchev–Trinajstić information content (AvgIpc) is 2.35. The highest BCUT2D eigenvalue weighted by molar-refractivity contribution is 5.07. The Morgan fingerprint density at radius 3 is 2.82 bits per heavy atom. The molecule has 0 bridgehead atoms. The molecule has 0 radical (unpaired) electrons. The van der Waals surface area contributed by atoms with Gasteiger partial charge in [0.25, 0.3) is 0 Å². The molecule has 0 amide bonds. The molecule has 0 aliphatic rings. The third kappa shape index (κ3) is 4.97. The molecule has 0 aliphatic carbocycles. The second-order valence-electron chi connectivity index (χ2n) is 5.18. The first kappa shape index (κ1) is 13.7. The fraction of sp³-hybridized carbons (Fsp3) is 0.571. The third-order valence-corrected chi connectivity index (χ3v) is 2.93. The van der Waals surface area contributed by atoms with Gasteiger partial charge in [-0.1, -0.05) is 19.9 Å². The van der Waals surface area contributed by atoms with Crippen molar-refractivity contribution >= 4 is 0 Å². The summed E-state index contributed by atoms with van der Waals surface area (Å²) in [6.07, 6.45) is 3.35. The van der Waals surface area contributed by atoms with Gasteiger partial charge in [-0.2, -0.15) is 5.26 Å². The second-order valence-corrected chi connectivity index (χ2v) is 5.18. The normalized spacial score (nSPS) is 13.1. The zero-order valence-corrected chi connectivity index (χ0v) is 10.9. The molecule has 0 fully saturated rings. The topological polar surface area (TPSA) is 48.7 Å². The maximum absolute atomic E-state index is 8.60. The van der Waals surface area contributed by atoms with E-state index in [4.69, 9.17) is 5.26 Å². The van der Waals surface area contributed by atoms with Gasteiger partial charge in [0.15, 0.2) is 0 Å². The third-order valence-electron chi connectivity index (χ3n) is 2.93. The number of rotatable bonds is 6. The van der Waals surface area contributed by atoms with E-state index in [1.165, 1.54) is 0 Å². The molecule has 92 valence electrons. The number of aromatic nitrogens is 1. The summed E-state index contributed by atoms with van der Waals surface area (Å²) in [7, 11) is 0. The van der Waals surface area contributed by atoms with E-state index in [0.29, 0.717) is 6.42 Å². The molecule has 3 heteroatoms. The Morgan fingerprint density at radius 2 is 2.24 bits per heavy atom. The molecular weight excluding hydrogens is 210 g/mol. The largest absolute Gasteiger partial charge is 0.308 e. The molecule has 0 aromatic carbocycles. The zero-order chi connectivity index (χ0) is 12.7. The van der Waals surface area contributed by atoms with E-state index in [9.17, 15) is 0 Å². The Hall–Kier alpha value is -1.40. The number of hydrogen-bond donors (Lipinski definition) is 1. The van der Waals surface area contributed by atoms with Crippen LogP contribution in [-0.4, -0.2) is 11.5 Å². The van der Waals surface area contributed by atoms with Crippen LogP contribution < -0.4 is 5.32 Å². The summed E-state index contributed by atoms with van der Waals surface area (Å²) in [6.45, 7) is 7.38. The summed E-state index contributed by atoms with van der Waals surface area (Å²) < 4.78 is 0. The molecule has 1 N–H and O–H groups in total. The highest BCUT2D eigenvalue weighted by atomic mass is 14.9. The van der Waals surface area contributed by atoms with E-state index in [0.717, 1.165) is 18.7 Å². The fourth-order valence-electron chi connectivity index (χ4n) is 1.65. The lowest BCUT2D eigenvalue weighted by molar-refractivity contribution is 0.303. The Bertz CT molecular complexity index is 365. The zero-order valence-electron chi connectivity index (χ0n) is 10.9. The first-order chi connectivity index (χ1) is 8.05. The highest BCUT2D eigenvalue weighted by Gasteiger charge is 2.18. The van der Waals surface area contributed by atoms with Gasteiger partial charge in [0, 0.05) is 25.2 Å². The van der Waals surface area contributed by atoms with Crippen LogP contribution >= 0.6 is 0 Å². The van der Waals surface area contributed by atoms with Crippen LogP contribution in [0.5, 0.6) is 0 Å². The summed E-state index contributed by atoms with van der Waals surface area (Å²) in [5, 5.41) is 12.1. The van der Waals surface area contributed by atoms with Crippen molar-refractivity contribution in [3.8, 4) is 6.07 Å². The van der Waals surface area contributed by atoms with Gasteiger partial charge in [-0.15, -0.1) is 0 Å². The van der Waals surface area contributed by atoms with E-state index < -0.39 is 0 Å². The predicted octanol–water partition coefficient (Wildman–Crippen LogP) is 3.06. The molecule has 0 saturated carbocycles. The maximum Gasteiger partial charge on any atom is 0.0621 e. The molecule has 1 heterocycles. The van der Waals surface area contributed by atoms with E-state index in [-0.39, 0.29) is 11.5 Å². The van der Waals surface area contributed by atoms with Crippen molar-refractivity contribution in [1.82, 2.24) is 10.3 Å². The molecule has 0 saturated heterocycles. The molecule has 1 aromatic rings. The van der Waals surface area contributed by atoms with Crippen molar-refractivity contribution < 1.29 is 0 Å². The molecule has 3 nitrogen and oxygen atoms in total. The minimum absolute atomic E-state index is 0.152. The standard InChI is InChI=1S/C14H21N3/c1-12(13-7-4-5-10-16-13)17-11-14(2,3)8-6-9-15/h4-5,7,10,12,17H,6,8,11H2,1-3H3. The SMILES string of the molecule is CC(NCC(C)(C)CCC#N)c1ccccn1. The van der Waals surface area contributed by atoms with E-state index in [1.807, 2.05) is 24.4 Å². The molecule has 1 aromatic heterocycles. The molecule has 1 unspecified atom stereocenters. The lowest BCUT2D eigenvalue weighted by atomic mass is 9.87. The van der Waals surface area contributed by atoms with Gasteiger partial charge in [0.2, 0.25) is 0 Å². The van der Waals surface area contributed by atoms with Gasteiger partial charge in [-0.3, -0.25) is 4.98 Å². The Morgan fingerprint density at radius 1 is 1.47 bits per heavy atom. The quantitative estimate of drug-likeness (QED) is 0.818. The first-order valence-corrected chi connectivity index (χ1v) is 6.06.